The van der Waals surface area contributed by atoms with Gasteiger partial charge in [-0.05, 0) is 28.8 Å². The molecule has 0 aliphatic carbocycles. The van der Waals surface area contributed by atoms with Crippen molar-refractivity contribution in [2.75, 3.05) is 13.7 Å². The van der Waals surface area contributed by atoms with Crippen molar-refractivity contribution in [3.63, 3.8) is 0 Å². The van der Waals surface area contributed by atoms with E-state index in [0.717, 1.165) is 16.7 Å². The Hall–Kier alpha value is -4.12. The van der Waals surface area contributed by atoms with E-state index in [0.29, 0.717) is 25.6 Å². The summed E-state index contributed by atoms with van der Waals surface area (Å²) in [6.07, 6.45) is -3.19. The van der Waals surface area contributed by atoms with E-state index >= 15 is 0 Å². The molecule has 0 saturated carbocycles. The first-order chi connectivity index (χ1) is 21.1. The van der Waals surface area contributed by atoms with E-state index in [1.54, 1.807) is 19.2 Å². The Kier molecular flexibility index (Phi) is 10.9. The maximum absolute atomic E-state index is 11.1. The van der Waals surface area contributed by atoms with Crippen molar-refractivity contribution in [1.82, 2.24) is 0 Å². The van der Waals surface area contributed by atoms with Crippen molar-refractivity contribution in [3.05, 3.63) is 142 Å². The summed E-state index contributed by atoms with van der Waals surface area (Å²) in [5.74, 6) is 0.467. The lowest BCUT2D eigenvalue weighted by molar-refractivity contribution is -0.384. The molecule has 0 spiro atoms. The maximum atomic E-state index is 11.1. The molecule has 43 heavy (non-hydrogen) atoms. The van der Waals surface area contributed by atoms with Gasteiger partial charge < -0.3 is 28.4 Å². The Morgan fingerprint density at radius 1 is 0.651 bits per heavy atom. The molecule has 0 N–H and O–H groups in total. The Labute approximate surface area is 251 Å². The fourth-order valence-electron chi connectivity index (χ4n) is 4.91. The Bertz CT molecular complexity index is 1390. The predicted molar refractivity (Wildman–Crippen MR) is 159 cm³/mol. The molecule has 0 amide bonds. The minimum absolute atomic E-state index is 0.0161. The Balaban J connectivity index is 1.41. The molecular formula is C34H35NO8. The Morgan fingerprint density at radius 2 is 1.12 bits per heavy atom. The first kappa shape index (κ1) is 30.3. The van der Waals surface area contributed by atoms with Crippen LogP contribution in [-0.2, 0) is 43.5 Å². The van der Waals surface area contributed by atoms with Crippen LogP contribution in [0.15, 0.2) is 115 Å². The quantitative estimate of drug-likeness (QED) is 0.129. The second-order valence-electron chi connectivity index (χ2n) is 10.1. The summed E-state index contributed by atoms with van der Waals surface area (Å²) in [6, 6.07) is 35.6. The second-order valence-corrected chi connectivity index (χ2v) is 10.1. The maximum Gasteiger partial charge on any atom is 0.269 e. The minimum atomic E-state index is -0.772. The van der Waals surface area contributed by atoms with Gasteiger partial charge in [-0.2, -0.15) is 0 Å². The molecule has 0 aromatic heterocycles. The van der Waals surface area contributed by atoms with Crippen LogP contribution in [-0.4, -0.2) is 49.3 Å². The number of nitro benzene ring substituents is 1. The fourth-order valence-corrected chi connectivity index (χ4v) is 4.91. The summed E-state index contributed by atoms with van der Waals surface area (Å²) in [4.78, 5) is 10.6. The normalized spacial score (nSPS) is 21.7. The van der Waals surface area contributed by atoms with E-state index in [4.69, 9.17) is 28.4 Å². The number of ether oxygens (including phenoxy) is 6. The van der Waals surface area contributed by atoms with Gasteiger partial charge in [-0.15, -0.1) is 0 Å². The number of hydrogen-bond acceptors (Lipinski definition) is 8. The van der Waals surface area contributed by atoms with Crippen molar-refractivity contribution in [1.29, 1.82) is 0 Å². The van der Waals surface area contributed by atoms with Gasteiger partial charge in [-0.3, -0.25) is 10.1 Å². The average molecular weight is 586 g/mol. The molecule has 0 radical (unpaired) electrons. The topological polar surface area (TPSA) is 98.5 Å². The molecule has 224 valence electrons. The van der Waals surface area contributed by atoms with Gasteiger partial charge in [0.15, 0.2) is 6.29 Å². The number of nitro groups is 1. The second kappa shape index (κ2) is 15.4. The van der Waals surface area contributed by atoms with Crippen molar-refractivity contribution in [2.24, 2.45) is 0 Å². The van der Waals surface area contributed by atoms with Gasteiger partial charge in [0.25, 0.3) is 5.69 Å². The molecule has 9 heteroatoms. The number of benzene rings is 4. The lowest BCUT2D eigenvalue weighted by Gasteiger charge is -2.45. The summed E-state index contributed by atoms with van der Waals surface area (Å²) in [5, 5.41) is 11.1. The molecular weight excluding hydrogens is 550 g/mol. The summed E-state index contributed by atoms with van der Waals surface area (Å²) in [5.41, 5.74) is 2.99. The van der Waals surface area contributed by atoms with E-state index in [-0.39, 0.29) is 12.3 Å². The molecule has 9 nitrogen and oxygen atoms in total. The van der Waals surface area contributed by atoms with Gasteiger partial charge in [0.2, 0.25) is 0 Å². The van der Waals surface area contributed by atoms with Crippen molar-refractivity contribution in [3.8, 4) is 5.75 Å². The molecule has 1 saturated heterocycles. The molecule has 1 fully saturated rings. The highest BCUT2D eigenvalue weighted by Crippen LogP contribution is 2.31. The number of rotatable bonds is 14. The van der Waals surface area contributed by atoms with E-state index in [1.165, 1.54) is 12.1 Å². The first-order valence-electron chi connectivity index (χ1n) is 14.1. The third-order valence-corrected chi connectivity index (χ3v) is 7.14. The highest BCUT2D eigenvalue weighted by Gasteiger charge is 2.49. The molecule has 0 unspecified atom stereocenters. The Morgan fingerprint density at radius 3 is 1.58 bits per heavy atom. The third-order valence-electron chi connectivity index (χ3n) is 7.14. The molecule has 0 bridgehead atoms. The third kappa shape index (κ3) is 8.47. The van der Waals surface area contributed by atoms with Gasteiger partial charge in [-0.25, -0.2) is 0 Å². The van der Waals surface area contributed by atoms with Crippen LogP contribution in [0.25, 0.3) is 0 Å². The van der Waals surface area contributed by atoms with E-state index in [1.807, 2.05) is 91.0 Å². The van der Waals surface area contributed by atoms with E-state index < -0.39 is 35.6 Å². The minimum Gasteiger partial charge on any atom is -0.491 e. The number of methoxy groups -OCH3 is 1. The summed E-state index contributed by atoms with van der Waals surface area (Å²) >= 11 is 0. The summed E-state index contributed by atoms with van der Waals surface area (Å²) < 4.78 is 37.8. The van der Waals surface area contributed by atoms with Gasteiger partial charge in [0.05, 0.1) is 24.7 Å². The monoisotopic (exact) mass is 585 g/mol. The van der Waals surface area contributed by atoms with Crippen LogP contribution in [0.2, 0.25) is 0 Å². The van der Waals surface area contributed by atoms with Crippen molar-refractivity contribution >= 4 is 5.69 Å². The van der Waals surface area contributed by atoms with Gasteiger partial charge in [0, 0.05) is 19.2 Å². The fraction of sp³-hybridized carbons (Fsp3) is 0.294. The molecule has 5 atom stereocenters. The zero-order valence-electron chi connectivity index (χ0n) is 23.9. The van der Waals surface area contributed by atoms with Crippen LogP contribution in [0.1, 0.15) is 16.7 Å². The lowest BCUT2D eigenvalue weighted by atomic mass is 9.97. The van der Waals surface area contributed by atoms with E-state index in [9.17, 15) is 10.1 Å². The zero-order valence-corrected chi connectivity index (χ0v) is 23.9. The van der Waals surface area contributed by atoms with Gasteiger partial charge >= 0.3 is 0 Å². The van der Waals surface area contributed by atoms with Crippen LogP contribution >= 0.6 is 0 Å². The van der Waals surface area contributed by atoms with Crippen LogP contribution in [0, 0.1) is 10.1 Å². The number of nitrogens with zero attached hydrogens (tertiary/aromatic N) is 1. The highest BCUT2D eigenvalue weighted by atomic mass is 16.7. The van der Waals surface area contributed by atoms with Crippen molar-refractivity contribution in [2.45, 2.75) is 50.5 Å². The molecule has 1 heterocycles. The standard InChI is InChI=1S/C34H35NO8/c1-38-34-33(42-23-27-15-9-4-10-16-27)32(41-22-26-13-7-3-8-14-26)31(40-21-25-11-5-2-6-12-25)30(43-34)24-39-29-19-17-28(18-20-29)35(36)37/h2-20,30-34H,21-24H2,1H3/t30-,31-,32+,33-,34+/m1/s1. The molecule has 1 aliphatic rings. The van der Waals surface area contributed by atoms with E-state index in [2.05, 4.69) is 0 Å². The van der Waals surface area contributed by atoms with Crippen LogP contribution in [0.4, 0.5) is 5.69 Å². The molecule has 5 rings (SSSR count). The molecule has 4 aromatic rings. The number of non-ortho nitro benzene ring substituents is 1. The number of hydrogen-bond donors (Lipinski definition) is 0. The van der Waals surface area contributed by atoms with Crippen LogP contribution in [0.3, 0.4) is 0 Å². The largest absolute Gasteiger partial charge is 0.491 e. The lowest BCUT2D eigenvalue weighted by Crippen LogP contribution is -2.61. The zero-order chi connectivity index (χ0) is 29.9. The van der Waals surface area contributed by atoms with Gasteiger partial charge in [-0.1, -0.05) is 91.0 Å². The van der Waals surface area contributed by atoms with Crippen molar-refractivity contribution < 1.29 is 33.3 Å². The van der Waals surface area contributed by atoms with Crippen LogP contribution in [0.5, 0.6) is 5.75 Å². The SMILES string of the molecule is CO[C@H]1O[C@H](COc2ccc([N+](=O)[O-])cc2)[C@@H](OCc2ccccc2)[C@H](OCc2ccccc2)[C@H]1OCc1ccccc1. The smallest absolute Gasteiger partial charge is 0.269 e. The average Bonchev–Trinajstić information content (AvgIpc) is 3.06. The predicted octanol–water partition coefficient (Wildman–Crippen LogP) is 6.10. The van der Waals surface area contributed by atoms with Gasteiger partial charge in [0.1, 0.15) is 36.8 Å². The molecule has 1 aliphatic heterocycles. The first-order valence-corrected chi connectivity index (χ1v) is 14.1. The van der Waals surface area contributed by atoms with Crippen LogP contribution < -0.4 is 4.74 Å². The highest BCUT2D eigenvalue weighted by molar-refractivity contribution is 5.36. The molecule has 4 aromatic carbocycles. The summed E-state index contributed by atoms with van der Waals surface area (Å²) in [7, 11) is 1.57. The summed E-state index contributed by atoms with van der Waals surface area (Å²) in [6.45, 7) is 1.06.